The van der Waals surface area contributed by atoms with Crippen molar-refractivity contribution in [1.82, 2.24) is 4.98 Å². The van der Waals surface area contributed by atoms with Crippen molar-refractivity contribution in [2.45, 2.75) is 20.3 Å². The predicted molar refractivity (Wildman–Crippen MR) is 86.3 cm³/mol. The minimum atomic E-state index is -1.31. The van der Waals surface area contributed by atoms with Gasteiger partial charge in [-0.3, -0.25) is 9.78 Å². The number of pyridine rings is 1. The van der Waals surface area contributed by atoms with E-state index in [0.29, 0.717) is 0 Å². The molecule has 0 amide bonds. The van der Waals surface area contributed by atoms with Crippen LogP contribution in [0.25, 0.3) is 0 Å². The summed E-state index contributed by atoms with van der Waals surface area (Å²) in [5.74, 6) is -2.82. The summed E-state index contributed by atoms with van der Waals surface area (Å²) in [5, 5.41) is 9.16. The third-order valence-electron chi connectivity index (χ3n) is 2.88. The van der Waals surface area contributed by atoms with Crippen LogP contribution in [-0.4, -0.2) is 21.8 Å². The molecule has 0 saturated heterocycles. The normalized spacial score (nSPS) is 9.33. The molecular weight excluding hydrogens is 328 g/mol. The first-order valence-corrected chi connectivity index (χ1v) is 7.25. The van der Waals surface area contributed by atoms with E-state index in [2.05, 4.69) is 25.3 Å². The Morgan fingerprint density at radius 1 is 1.25 bits per heavy atom. The number of aromatic nitrogens is 1. The third kappa shape index (κ3) is 6.08. The van der Waals surface area contributed by atoms with Crippen LogP contribution in [0.4, 0.5) is 4.39 Å². The molecule has 2 aromatic rings. The Morgan fingerprint density at radius 3 is 2.42 bits per heavy atom. The smallest absolute Gasteiger partial charge is 0.478 e. The van der Waals surface area contributed by atoms with Gasteiger partial charge in [0.2, 0.25) is 0 Å². The van der Waals surface area contributed by atoms with Crippen molar-refractivity contribution in [3.63, 3.8) is 0 Å². The number of benzene rings is 1. The molecule has 1 N–H and O–H groups in total. The molecule has 1 aromatic carbocycles. The summed E-state index contributed by atoms with van der Waals surface area (Å²) in [5.41, 5.74) is -0.697. The monoisotopic (exact) mass is 343 g/mol. The van der Waals surface area contributed by atoms with Crippen molar-refractivity contribution >= 4 is 23.4 Å². The van der Waals surface area contributed by atoms with Gasteiger partial charge in [-0.05, 0) is 24.3 Å². The minimum absolute atomic E-state index is 0. The number of unbranched alkanes of at least 4 members (excludes halogenated alkanes) is 1. The molecule has 24 heavy (non-hydrogen) atoms. The Kier molecular flexibility index (Phi) is 10.2. The summed E-state index contributed by atoms with van der Waals surface area (Å²) in [7, 11) is 0. The minimum Gasteiger partial charge on any atom is -0.478 e. The number of hydrogen-bond acceptors (Lipinski definition) is 3. The second-order valence-corrected chi connectivity index (χ2v) is 4.93. The number of ketones is 1. The maximum atomic E-state index is 13.6. The van der Waals surface area contributed by atoms with Gasteiger partial charge in [0.25, 0.3) is 0 Å². The van der Waals surface area contributed by atoms with Crippen LogP contribution in [0.1, 0.15) is 46.5 Å². The van der Waals surface area contributed by atoms with E-state index in [1.165, 1.54) is 24.8 Å². The Hall–Kier alpha value is -1.67. The molecule has 0 unspecified atom stereocenters. The van der Waals surface area contributed by atoms with E-state index in [1.807, 2.05) is 0 Å². The quantitative estimate of drug-likeness (QED) is 0.518. The largest absolute Gasteiger partial charge is 1.00 e. The maximum absolute atomic E-state index is 13.6. The first-order valence-electron chi connectivity index (χ1n) is 6.87. The molecular formula is C17H16ClFLiNO3. The number of hydrogen-bond donors (Lipinski definition) is 1. The van der Waals surface area contributed by atoms with Crippen molar-refractivity contribution in [3.8, 4) is 0 Å². The fraction of sp³-hybridized carbons (Fsp3) is 0.176. The van der Waals surface area contributed by atoms with Crippen molar-refractivity contribution in [2.75, 3.05) is 0 Å². The molecule has 122 valence electrons. The SMILES string of the molecule is C[CH-]CC.O=C(O)c1cnccc1C(=O)c1cc(Cl)ccc1F.[Li+]. The molecule has 2 rings (SSSR count). The van der Waals surface area contributed by atoms with Crippen LogP contribution < -0.4 is 18.9 Å². The summed E-state index contributed by atoms with van der Waals surface area (Å²) >= 11 is 5.70. The topological polar surface area (TPSA) is 67.3 Å². The number of nitrogens with zero attached hydrogens (tertiary/aromatic N) is 1. The van der Waals surface area contributed by atoms with E-state index in [-0.39, 0.29) is 40.6 Å². The van der Waals surface area contributed by atoms with Crippen molar-refractivity contribution in [3.05, 3.63) is 70.6 Å². The Morgan fingerprint density at radius 2 is 1.88 bits per heavy atom. The van der Waals surface area contributed by atoms with E-state index < -0.39 is 17.6 Å². The fourth-order valence-corrected chi connectivity index (χ4v) is 1.75. The molecule has 1 aromatic heterocycles. The third-order valence-corrected chi connectivity index (χ3v) is 3.11. The summed E-state index contributed by atoms with van der Waals surface area (Å²) in [6.45, 7) is 4.18. The second-order valence-electron chi connectivity index (χ2n) is 4.50. The first kappa shape index (κ1) is 22.3. The Labute approximate surface area is 157 Å². The first-order chi connectivity index (χ1) is 10.9. The van der Waals surface area contributed by atoms with Crippen LogP contribution in [0, 0.1) is 12.2 Å². The average molecular weight is 344 g/mol. The standard InChI is InChI=1S/C13H7ClFNO3.C4H9.Li/c14-7-1-2-11(15)9(5-7)12(17)8-3-4-16-6-10(8)13(18)19;1-3-4-2;/h1-6H,(H,18,19);3H,4H2,1-2H3;/q;-1;+1. The van der Waals surface area contributed by atoms with Gasteiger partial charge >= 0.3 is 24.8 Å². The van der Waals surface area contributed by atoms with Crippen LogP contribution in [0.15, 0.2) is 36.7 Å². The zero-order chi connectivity index (χ0) is 17.4. The van der Waals surface area contributed by atoms with Crippen LogP contribution >= 0.6 is 11.6 Å². The van der Waals surface area contributed by atoms with Gasteiger partial charge in [-0.2, -0.15) is 13.3 Å². The number of carboxylic acid groups (broad SMARTS) is 1. The van der Waals surface area contributed by atoms with Gasteiger partial charge in [-0.1, -0.05) is 18.5 Å². The number of carbonyl (C=O) groups is 2. The number of halogens is 2. The molecule has 0 saturated carbocycles. The summed E-state index contributed by atoms with van der Waals surface area (Å²) in [6.07, 6.45) is 5.63. The molecule has 0 radical (unpaired) electrons. The Balaban J connectivity index is 0.000000954. The summed E-state index contributed by atoms with van der Waals surface area (Å²) < 4.78 is 13.6. The molecule has 0 bridgehead atoms. The van der Waals surface area contributed by atoms with Crippen molar-refractivity contribution < 1.29 is 37.9 Å². The van der Waals surface area contributed by atoms with E-state index >= 15 is 0 Å². The molecule has 0 fully saturated rings. The number of rotatable bonds is 4. The maximum Gasteiger partial charge on any atom is 1.00 e. The molecule has 0 spiro atoms. The molecule has 4 nitrogen and oxygen atoms in total. The molecule has 0 aliphatic heterocycles. The van der Waals surface area contributed by atoms with Gasteiger partial charge in [-0.15, -0.1) is 0 Å². The Bertz CT molecular complexity index is 708. The van der Waals surface area contributed by atoms with E-state index in [1.54, 1.807) is 0 Å². The predicted octanol–water partition coefficient (Wildman–Crippen LogP) is 1.43. The molecule has 0 aliphatic rings. The van der Waals surface area contributed by atoms with Gasteiger partial charge < -0.3 is 11.5 Å². The van der Waals surface area contributed by atoms with Crippen LogP contribution in [0.5, 0.6) is 0 Å². The van der Waals surface area contributed by atoms with Crippen LogP contribution in [0.2, 0.25) is 5.02 Å². The molecule has 1 heterocycles. The number of aromatic carboxylic acids is 1. The molecule has 0 atom stereocenters. The van der Waals surface area contributed by atoms with Crippen LogP contribution in [0.3, 0.4) is 0 Å². The van der Waals surface area contributed by atoms with Crippen LogP contribution in [-0.2, 0) is 0 Å². The zero-order valence-electron chi connectivity index (χ0n) is 13.7. The van der Waals surface area contributed by atoms with E-state index in [4.69, 9.17) is 16.7 Å². The second kappa shape index (κ2) is 11.0. The van der Waals surface area contributed by atoms with Gasteiger partial charge in [0.15, 0.2) is 5.78 Å². The van der Waals surface area contributed by atoms with Gasteiger partial charge in [0.05, 0.1) is 11.1 Å². The van der Waals surface area contributed by atoms with Crippen molar-refractivity contribution in [1.29, 1.82) is 0 Å². The fourth-order valence-electron chi connectivity index (χ4n) is 1.58. The van der Waals surface area contributed by atoms with Gasteiger partial charge in [-0.25, -0.2) is 9.18 Å². The number of carboxylic acids is 1. The summed E-state index contributed by atoms with van der Waals surface area (Å²) in [4.78, 5) is 26.8. The van der Waals surface area contributed by atoms with E-state index in [0.717, 1.165) is 18.3 Å². The average Bonchev–Trinajstić information content (AvgIpc) is 2.56. The van der Waals surface area contributed by atoms with Crippen molar-refractivity contribution in [2.24, 2.45) is 0 Å². The number of carbonyl (C=O) groups excluding carboxylic acids is 1. The molecule has 7 heteroatoms. The van der Waals surface area contributed by atoms with Gasteiger partial charge in [0, 0.05) is 23.0 Å². The van der Waals surface area contributed by atoms with E-state index in [9.17, 15) is 14.0 Å². The zero-order valence-corrected chi connectivity index (χ0v) is 14.5. The molecule has 0 aliphatic carbocycles. The summed E-state index contributed by atoms with van der Waals surface area (Å²) in [6, 6.07) is 4.74. The van der Waals surface area contributed by atoms with Gasteiger partial charge in [0.1, 0.15) is 5.82 Å².